The van der Waals surface area contributed by atoms with E-state index >= 15 is 0 Å². The lowest BCUT2D eigenvalue weighted by molar-refractivity contribution is -0.138. The number of carbonyl (C=O) groups excluding carboxylic acids is 1. The first-order valence-corrected chi connectivity index (χ1v) is 8.28. The lowest BCUT2D eigenvalue weighted by atomic mass is 10.1. The summed E-state index contributed by atoms with van der Waals surface area (Å²) >= 11 is 0. The summed E-state index contributed by atoms with van der Waals surface area (Å²) in [4.78, 5) is 14.3. The van der Waals surface area contributed by atoms with Gasteiger partial charge in [0.1, 0.15) is 5.75 Å². The van der Waals surface area contributed by atoms with Crippen LogP contribution in [0.3, 0.4) is 0 Å². The van der Waals surface area contributed by atoms with Crippen molar-refractivity contribution in [2.45, 2.75) is 53.7 Å². The van der Waals surface area contributed by atoms with Crippen molar-refractivity contribution in [1.29, 1.82) is 0 Å². The summed E-state index contributed by atoms with van der Waals surface area (Å²) in [5, 5.41) is 7.90. The number of aryl methyl sites for hydroxylation is 3. The minimum absolute atomic E-state index is 0.102. The summed E-state index contributed by atoms with van der Waals surface area (Å²) < 4.78 is 11.4. The quantitative estimate of drug-likeness (QED) is 0.780. The molecule has 0 saturated heterocycles. The Balaban J connectivity index is 2.05. The largest absolute Gasteiger partial charge is 0.481 e. The molecule has 0 fully saturated rings. The Kier molecular flexibility index (Phi) is 5.95. The average molecular weight is 331 g/mol. The Morgan fingerprint density at radius 3 is 2.58 bits per heavy atom. The zero-order valence-electron chi connectivity index (χ0n) is 15.0. The Labute approximate surface area is 142 Å². The van der Waals surface area contributed by atoms with Gasteiger partial charge in [0.05, 0.1) is 6.54 Å². The van der Waals surface area contributed by atoms with Crippen molar-refractivity contribution >= 4 is 5.91 Å². The second kappa shape index (κ2) is 7.95. The summed E-state index contributed by atoms with van der Waals surface area (Å²) in [5.41, 5.74) is 2.10. The highest BCUT2D eigenvalue weighted by atomic mass is 16.5. The SMILES string of the molecule is CCc1nnc(CN(CC)C(=O)[C@@H](C)Oc2cc(C)ccc2C)o1. The Hall–Kier alpha value is -2.37. The molecule has 0 aliphatic heterocycles. The van der Waals surface area contributed by atoms with E-state index in [1.807, 2.05) is 45.9 Å². The number of carbonyl (C=O) groups is 1. The van der Waals surface area contributed by atoms with Gasteiger partial charge < -0.3 is 14.1 Å². The third-order valence-electron chi connectivity index (χ3n) is 3.83. The van der Waals surface area contributed by atoms with Crippen LogP contribution in [0, 0.1) is 13.8 Å². The molecule has 24 heavy (non-hydrogen) atoms. The fraction of sp³-hybridized carbons (Fsp3) is 0.500. The molecule has 1 atom stereocenters. The summed E-state index contributed by atoms with van der Waals surface area (Å²) in [6, 6.07) is 5.96. The molecule has 1 aromatic carbocycles. The Morgan fingerprint density at radius 1 is 1.25 bits per heavy atom. The number of amides is 1. The van der Waals surface area contributed by atoms with E-state index in [0.29, 0.717) is 31.3 Å². The van der Waals surface area contributed by atoms with Crippen molar-refractivity contribution < 1.29 is 13.9 Å². The summed E-state index contributed by atoms with van der Waals surface area (Å²) in [5.74, 6) is 1.65. The van der Waals surface area contributed by atoms with Crippen LogP contribution in [0.25, 0.3) is 0 Å². The summed E-state index contributed by atoms with van der Waals surface area (Å²) in [6.07, 6.45) is 0.0955. The number of aromatic nitrogens is 2. The minimum Gasteiger partial charge on any atom is -0.481 e. The fourth-order valence-electron chi connectivity index (χ4n) is 2.34. The second-order valence-corrected chi connectivity index (χ2v) is 5.82. The van der Waals surface area contributed by atoms with E-state index in [1.54, 1.807) is 11.8 Å². The van der Waals surface area contributed by atoms with Crippen LogP contribution in [0.1, 0.15) is 43.7 Å². The first-order valence-electron chi connectivity index (χ1n) is 8.28. The number of benzene rings is 1. The number of nitrogens with zero attached hydrogens (tertiary/aromatic N) is 3. The van der Waals surface area contributed by atoms with Gasteiger partial charge in [0.25, 0.3) is 5.91 Å². The van der Waals surface area contributed by atoms with E-state index < -0.39 is 6.10 Å². The van der Waals surface area contributed by atoms with Crippen LogP contribution >= 0.6 is 0 Å². The average Bonchev–Trinajstić information content (AvgIpc) is 3.03. The van der Waals surface area contributed by atoms with Crippen molar-refractivity contribution in [2.24, 2.45) is 0 Å². The molecule has 0 saturated carbocycles. The predicted octanol–water partition coefficient (Wildman–Crippen LogP) is 3.06. The van der Waals surface area contributed by atoms with Gasteiger partial charge >= 0.3 is 0 Å². The van der Waals surface area contributed by atoms with Crippen molar-refractivity contribution in [2.75, 3.05) is 6.54 Å². The second-order valence-electron chi connectivity index (χ2n) is 5.82. The smallest absolute Gasteiger partial charge is 0.263 e. The van der Waals surface area contributed by atoms with Gasteiger partial charge in [-0.2, -0.15) is 0 Å². The Bertz CT molecular complexity index is 697. The molecule has 1 aromatic heterocycles. The molecule has 0 radical (unpaired) electrons. The van der Waals surface area contributed by atoms with Gasteiger partial charge in [-0.3, -0.25) is 4.79 Å². The number of hydrogen-bond donors (Lipinski definition) is 0. The van der Waals surface area contributed by atoms with Crippen LogP contribution < -0.4 is 4.74 Å². The van der Waals surface area contributed by atoms with Crippen molar-refractivity contribution in [3.63, 3.8) is 0 Å². The molecule has 0 unspecified atom stereocenters. The van der Waals surface area contributed by atoms with E-state index in [2.05, 4.69) is 10.2 Å². The molecule has 130 valence electrons. The lowest BCUT2D eigenvalue weighted by Gasteiger charge is -2.24. The third kappa shape index (κ3) is 4.34. The molecular formula is C18H25N3O3. The molecule has 0 bridgehead atoms. The molecular weight excluding hydrogens is 306 g/mol. The highest BCUT2D eigenvalue weighted by molar-refractivity contribution is 5.80. The molecule has 0 aliphatic rings. The highest BCUT2D eigenvalue weighted by Crippen LogP contribution is 2.21. The third-order valence-corrected chi connectivity index (χ3v) is 3.83. The molecule has 6 nitrogen and oxygen atoms in total. The number of hydrogen-bond acceptors (Lipinski definition) is 5. The standard InChI is InChI=1S/C18H25N3O3/c1-6-16-19-20-17(24-16)11-21(7-2)18(22)14(5)23-15-10-12(3)8-9-13(15)4/h8-10,14H,6-7,11H2,1-5H3/t14-/m1/s1. The summed E-state index contributed by atoms with van der Waals surface area (Å²) in [7, 11) is 0. The Morgan fingerprint density at radius 2 is 1.96 bits per heavy atom. The van der Waals surface area contributed by atoms with Gasteiger partial charge in [-0.1, -0.05) is 19.1 Å². The maximum Gasteiger partial charge on any atom is 0.263 e. The maximum absolute atomic E-state index is 12.7. The number of likely N-dealkylation sites (N-methyl/N-ethyl adjacent to an activating group) is 1. The monoisotopic (exact) mass is 331 g/mol. The fourth-order valence-corrected chi connectivity index (χ4v) is 2.34. The molecule has 0 spiro atoms. The van der Waals surface area contributed by atoms with Crippen LogP contribution in [0.5, 0.6) is 5.75 Å². The minimum atomic E-state index is -0.584. The molecule has 2 rings (SSSR count). The van der Waals surface area contributed by atoms with E-state index in [4.69, 9.17) is 9.15 Å². The van der Waals surface area contributed by atoms with Crippen LogP contribution in [0.15, 0.2) is 22.6 Å². The van der Waals surface area contributed by atoms with E-state index in [1.165, 1.54) is 0 Å². The molecule has 6 heteroatoms. The molecule has 0 aliphatic carbocycles. The van der Waals surface area contributed by atoms with Gasteiger partial charge in [0.15, 0.2) is 6.10 Å². The van der Waals surface area contributed by atoms with Crippen molar-refractivity contribution in [3.8, 4) is 5.75 Å². The molecule has 1 heterocycles. The normalized spacial score (nSPS) is 12.0. The molecule has 0 N–H and O–H groups in total. The molecule has 1 amide bonds. The van der Waals surface area contributed by atoms with E-state index in [-0.39, 0.29) is 5.91 Å². The van der Waals surface area contributed by atoms with Crippen molar-refractivity contribution in [1.82, 2.24) is 15.1 Å². The van der Waals surface area contributed by atoms with Crippen LogP contribution in [0.4, 0.5) is 0 Å². The maximum atomic E-state index is 12.7. The first kappa shape index (κ1) is 18.0. The van der Waals surface area contributed by atoms with Crippen LogP contribution in [-0.4, -0.2) is 33.7 Å². The lowest BCUT2D eigenvalue weighted by Crippen LogP contribution is -2.40. The molecule has 2 aromatic rings. The van der Waals surface area contributed by atoms with Gasteiger partial charge in [-0.15, -0.1) is 10.2 Å². The van der Waals surface area contributed by atoms with Gasteiger partial charge in [-0.25, -0.2) is 0 Å². The van der Waals surface area contributed by atoms with Gasteiger partial charge in [0, 0.05) is 13.0 Å². The first-order chi connectivity index (χ1) is 11.4. The predicted molar refractivity (Wildman–Crippen MR) is 90.8 cm³/mol. The summed E-state index contributed by atoms with van der Waals surface area (Å²) in [6.45, 7) is 10.4. The topological polar surface area (TPSA) is 68.5 Å². The van der Waals surface area contributed by atoms with Crippen LogP contribution in [-0.2, 0) is 17.8 Å². The van der Waals surface area contributed by atoms with Gasteiger partial charge in [-0.05, 0) is 44.9 Å². The highest BCUT2D eigenvalue weighted by Gasteiger charge is 2.23. The van der Waals surface area contributed by atoms with Crippen LogP contribution in [0.2, 0.25) is 0 Å². The zero-order chi connectivity index (χ0) is 17.7. The number of ether oxygens (including phenoxy) is 1. The van der Waals surface area contributed by atoms with Crippen molar-refractivity contribution in [3.05, 3.63) is 41.1 Å². The number of rotatable bonds is 7. The van der Waals surface area contributed by atoms with E-state index in [0.717, 1.165) is 16.9 Å². The zero-order valence-corrected chi connectivity index (χ0v) is 15.0. The van der Waals surface area contributed by atoms with E-state index in [9.17, 15) is 4.79 Å². The van der Waals surface area contributed by atoms with Gasteiger partial charge in [0.2, 0.25) is 11.8 Å².